The van der Waals surface area contributed by atoms with Crippen LogP contribution in [0.1, 0.15) is 17.7 Å². The van der Waals surface area contributed by atoms with Crippen LogP contribution in [0.25, 0.3) is 0 Å². The summed E-state index contributed by atoms with van der Waals surface area (Å²) in [6, 6.07) is 7.57. The van der Waals surface area contributed by atoms with E-state index >= 15 is 0 Å². The van der Waals surface area contributed by atoms with Gasteiger partial charge in [0.2, 0.25) is 5.91 Å². The third-order valence-corrected chi connectivity index (χ3v) is 2.65. The second-order valence-corrected chi connectivity index (χ2v) is 4.06. The maximum Gasteiger partial charge on any atom is 0.224 e. The highest BCUT2D eigenvalue weighted by Gasteiger charge is 2.05. The van der Waals surface area contributed by atoms with Gasteiger partial charge in [-0.3, -0.25) is 14.8 Å². The quantitative estimate of drug-likeness (QED) is 0.894. The van der Waals surface area contributed by atoms with Crippen LogP contribution in [0.5, 0.6) is 0 Å². The third-order valence-electron chi connectivity index (χ3n) is 2.65. The molecule has 0 aliphatic heterocycles. The molecule has 2 aromatic heterocycles. The molecule has 92 valence electrons. The van der Waals surface area contributed by atoms with E-state index in [9.17, 15) is 4.79 Å². The Bertz CT molecular complexity index is 526. The van der Waals surface area contributed by atoms with Gasteiger partial charge in [0, 0.05) is 24.5 Å². The summed E-state index contributed by atoms with van der Waals surface area (Å²) in [7, 11) is 0. The predicted octanol–water partition coefficient (Wildman–Crippen LogP) is 2.36. The van der Waals surface area contributed by atoms with Gasteiger partial charge in [0.25, 0.3) is 0 Å². The summed E-state index contributed by atoms with van der Waals surface area (Å²) < 4.78 is 0. The molecule has 2 aromatic rings. The lowest BCUT2D eigenvalue weighted by Crippen LogP contribution is -2.13. The molecule has 0 aliphatic carbocycles. The fraction of sp³-hybridized carbons (Fsp3) is 0.214. The summed E-state index contributed by atoms with van der Waals surface area (Å²) in [5.41, 5.74) is 2.70. The number of aryl methyl sites for hydroxylation is 2. The number of rotatable bonds is 4. The molecule has 0 atom stereocenters. The zero-order valence-corrected chi connectivity index (χ0v) is 10.3. The van der Waals surface area contributed by atoms with Gasteiger partial charge in [-0.25, -0.2) is 0 Å². The van der Waals surface area contributed by atoms with Crippen molar-refractivity contribution in [2.24, 2.45) is 0 Å². The average Bonchev–Trinajstić information content (AvgIpc) is 2.40. The predicted molar refractivity (Wildman–Crippen MR) is 70.2 cm³/mol. The number of carbonyl (C=O) groups excluding carboxylic acids is 1. The summed E-state index contributed by atoms with van der Waals surface area (Å²) in [5, 5.41) is 2.85. The molecule has 0 saturated heterocycles. The van der Waals surface area contributed by atoms with E-state index in [1.165, 1.54) is 0 Å². The largest absolute Gasteiger partial charge is 0.325 e. The van der Waals surface area contributed by atoms with E-state index in [4.69, 9.17) is 0 Å². The van der Waals surface area contributed by atoms with Gasteiger partial charge in [-0.1, -0.05) is 6.07 Å². The highest BCUT2D eigenvalue weighted by Crippen LogP contribution is 2.11. The van der Waals surface area contributed by atoms with Crippen molar-refractivity contribution in [3.63, 3.8) is 0 Å². The normalized spacial score (nSPS) is 10.1. The summed E-state index contributed by atoms with van der Waals surface area (Å²) in [6.45, 7) is 1.94. The van der Waals surface area contributed by atoms with Crippen LogP contribution < -0.4 is 5.32 Å². The number of amides is 1. The van der Waals surface area contributed by atoms with Gasteiger partial charge in [-0.15, -0.1) is 0 Å². The third kappa shape index (κ3) is 3.38. The smallest absolute Gasteiger partial charge is 0.224 e. The Balaban J connectivity index is 1.88. The zero-order valence-electron chi connectivity index (χ0n) is 10.3. The first-order chi connectivity index (χ1) is 8.75. The number of pyridine rings is 2. The lowest BCUT2D eigenvalue weighted by molar-refractivity contribution is -0.116. The molecule has 0 aromatic carbocycles. The van der Waals surface area contributed by atoms with Gasteiger partial charge < -0.3 is 5.32 Å². The molecule has 0 aliphatic rings. The minimum absolute atomic E-state index is 0.0169. The van der Waals surface area contributed by atoms with Crippen molar-refractivity contribution in [3.8, 4) is 0 Å². The van der Waals surface area contributed by atoms with Crippen molar-refractivity contribution in [2.75, 3.05) is 5.32 Å². The van der Waals surface area contributed by atoms with Crippen LogP contribution in [0.3, 0.4) is 0 Å². The summed E-state index contributed by atoms with van der Waals surface area (Å²) in [5.74, 6) is -0.0169. The fourth-order valence-electron chi connectivity index (χ4n) is 1.60. The molecular weight excluding hydrogens is 226 g/mol. The number of carbonyl (C=O) groups is 1. The van der Waals surface area contributed by atoms with Crippen LogP contribution in [0.4, 0.5) is 5.69 Å². The average molecular weight is 241 g/mol. The van der Waals surface area contributed by atoms with Crippen LogP contribution in [0, 0.1) is 6.92 Å². The Morgan fingerprint density at radius 1 is 1.28 bits per heavy atom. The van der Waals surface area contributed by atoms with Gasteiger partial charge in [0.05, 0.1) is 11.9 Å². The van der Waals surface area contributed by atoms with Crippen LogP contribution >= 0.6 is 0 Å². The van der Waals surface area contributed by atoms with E-state index in [1.54, 1.807) is 18.6 Å². The molecule has 18 heavy (non-hydrogen) atoms. The number of nitrogens with zero attached hydrogens (tertiary/aromatic N) is 2. The molecule has 0 radical (unpaired) electrons. The van der Waals surface area contributed by atoms with Gasteiger partial charge in [0.15, 0.2) is 0 Å². The highest BCUT2D eigenvalue weighted by molar-refractivity contribution is 5.91. The minimum atomic E-state index is -0.0169. The second kappa shape index (κ2) is 5.91. The molecule has 1 amide bonds. The minimum Gasteiger partial charge on any atom is -0.325 e. The van der Waals surface area contributed by atoms with Crippen molar-refractivity contribution in [3.05, 3.63) is 54.1 Å². The maximum absolute atomic E-state index is 11.8. The standard InChI is InChI=1S/C14H15N3O/c1-11-7-9-15-10-13(11)17-14(18)6-5-12-4-2-3-8-16-12/h2-4,7-10H,5-6H2,1H3,(H,17,18). The molecule has 2 rings (SSSR count). The summed E-state index contributed by atoms with van der Waals surface area (Å²) >= 11 is 0. The van der Waals surface area contributed by atoms with Crippen LogP contribution in [-0.2, 0) is 11.2 Å². The van der Waals surface area contributed by atoms with Gasteiger partial charge in [0.1, 0.15) is 0 Å². The van der Waals surface area contributed by atoms with E-state index in [2.05, 4.69) is 15.3 Å². The second-order valence-electron chi connectivity index (χ2n) is 4.06. The number of hydrogen-bond acceptors (Lipinski definition) is 3. The molecular formula is C14H15N3O. The fourth-order valence-corrected chi connectivity index (χ4v) is 1.60. The van der Waals surface area contributed by atoms with Gasteiger partial charge in [-0.05, 0) is 37.1 Å². The first-order valence-electron chi connectivity index (χ1n) is 5.86. The molecule has 4 nitrogen and oxygen atoms in total. The van der Waals surface area contributed by atoms with E-state index in [0.717, 1.165) is 16.9 Å². The molecule has 1 N–H and O–H groups in total. The Morgan fingerprint density at radius 3 is 2.89 bits per heavy atom. The van der Waals surface area contributed by atoms with Gasteiger partial charge in [-0.2, -0.15) is 0 Å². The SMILES string of the molecule is Cc1ccncc1NC(=O)CCc1ccccn1. The van der Waals surface area contributed by atoms with E-state index in [-0.39, 0.29) is 5.91 Å². The molecule has 0 bridgehead atoms. The Morgan fingerprint density at radius 2 is 2.17 bits per heavy atom. The number of nitrogens with one attached hydrogen (secondary N) is 1. The van der Waals surface area contributed by atoms with Gasteiger partial charge >= 0.3 is 0 Å². The first-order valence-corrected chi connectivity index (χ1v) is 5.86. The van der Waals surface area contributed by atoms with E-state index in [1.807, 2.05) is 31.2 Å². The van der Waals surface area contributed by atoms with Crippen molar-refractivity contribution >= 4 is 11.6 Å². The molecule has 4 heteroatoms. The van der Waals surface area contributed by atoms with Crippen LogP contribution in [-0.4, -0.2) is 15.9 Å². The molecule has 2 heterocycles. The Labute approximate surface area is 106 Å². The number of hydrogen-bond donors (Lipinski definition) is 1. The van der Waals surface area contributed by atoms with Crippen LogP contribution in [0.2, 0.25) is 0 Å². The first kappa shape index (κ1) is 12.2. The number of anilines is 1. The van der Waals surface area contributed by atoms with E-state index in [0.29, 0.717) is 12.8 Å². The van der Waals surface area contributed by atoms with Crippen molar-refractivity contribution in [2.45, 2.75) is 19.8 Å². The molecule has 0 spiro atoms. The topological polar surface area (TPSA) is 54.9 Å². The Kier molecular flexibility index (Phi) is 4.02. The highest BCUT2D eigenvalue weighted by atomic mass is 16.1. The molecule has 0 unspecified atom stereocenters. The van der Waals surface area contributed by atoms with E-state index < -0.39 is 0 Å². The van der Waals surface area contributed by atoms with Crippen LogP contribution in [0.15, 0.2) is 42.9 Å². The Hall–Kier alpha value is -2.23. The monoisotopic (exact) mass is 241 g/mol. The zero-order chi connectivity index (χ0) is 12.8. The lowest BCUT2D eigenvalue weighted by Gasteiger charge is -2.07. The van der Waals surface area contributed by atoms with Crippen molar-refractivity contribution in [1.29, 1.82) is 0 Å². The molecule has 0 fully saturated rings. The lowest BCUT2D eigenvalue weighted by atomic mass is 10.2. The maximum atomic E-state index is 11.8. The summed E-state index contributed by atoms with van der Waals surface area (Å²) in [6.07, 6.45) is 6.17. The summed E-state index contributed by atoms with van der Waals surface area (Å²) in [4.78, 5) is 19.9. The van der Waals surface area contributed by atoms with Crippen molar-refractivity contribution in [1.82, 2.24) is 9.97 Å². The molecule has 0 saturated carbocycles. The number of aromatic nitrogens is 2. The van der Waals surface area contributed by atoms with Crippen molar-refractivity contribution < 1.29 is 4.79 Å².